The summed E-state index contributed by atoms with van der Waals surface area (Å²) in [5.74, 6) is 4.04. The van der Waals surface area contributed by atoms with Crippen LogP contribution in [0.1, 0.15) is 99.3 Å². The highest BCUT2D eigenvalue weighted by atomic mass is 16.3. The van der Waals surface area contributed by atoms with Crippen molar-refractivity contribution in [3.63, 3.8) is 0 Å². The third-order valence-electron chi connectivity index (χ3n) is 11.3. The van der Waals surface area contributed by atoms with Gasteiger partial charge >= 0.3 is 0 Å². The molecule has 0 aliphatic heterocycles. The van der Waals surface area contributed by atoms with E-state index in [2.05, 4.69) is 66.3 Å². The van der Waals surface area contributed by atoms with Gasteiger partial charge in [-0.05, 0) is 105 Å². The molecule has 1 N–H and O–H groups in total. The van der Waals surface area contributed by atoms with E-state index in [0.717, 1.165) is 42.9 Å². The molecule has 0 bridgehead atoms. The Labute approximate surface area is 192 Å². The molecular formula is C30H48O. The van der Waals surface area contributed by atoms with E-state index in [9.17, 15) is 5.11 Å². The molecule has 0 radical (unpaired) electrons. The third-order valence-corrected chi connectivity index (χ3v) is 11.3. The molecule has 0 unspecified atom stereocenters. The van der Waals surface area contributed by atoms with Crippen LogP contribution in [-0.2, 0) is 0 Å². The summed E-state index contributed by atoms with van der Waals surface area (Å²) in [6, 6.07) is 0. The first-order chi connectivity index (χ1) is 14.5. The van der Waals surface area contributed by atoms with Crippen molar-refractivity contribution in [1.29, 1.82) is 0 Å². The Morgan fingerprint density at radius 2 is 1.97 bits per heavy atom. The summed E-state index contributed by atoms with van der Waals surface area (Å²) in [7, 11) is 0. The van der Waals surface area contributed by atoms with Crippen LogP contribution in [0.25, 0.3) is 0 Å². The Kier molecular flexibility index (Phi) is 6.17. The predicted molar refractivity (Wildman–Crippen MR) is 133 cm³/mol. The molecule has 9 atom stereocenters. The van der Waals surface area contributed by atoms with E-state index in [4.69, 9.17) is 0 Å². The number of fused-ring (bicyclic) bond motifs is 5. The van der Waals surface area contributed by atoms with Gasteiger partial charge in [0.1, 0.15) is 0 Å². The number of rotatable bonds is 5. The fourth-order valence-corrected chi connectivity index (χ4v) is 8.61. The molecule has 0 aromatic rings. The van der Waals surface area contributed by atoms with Crippen molar-refractivity contribution in [2.24, 2.45) is 45.8 Å². The van der Waals surface area contributed by atoms with Crippen LogP contribution < -0.4 is 0 Å². The van der Waals surface area contributed by atoms with E-state index in [0.29, 0.717) is 16.7 Å². The Hall–Kier alpha value is -0.820. The van der Waals surface area contributed by atoms with Gasteiger partial charge in [0.25, 0.3) is 0 Å². The first-order valence-corrected chi connectivity index (χ1v) is 13.3. The molecule has 4 rings (SSSR count). The van der Waals surface area contributed by atoms with Crippen LogP contribution in [0.2, 0.25) is 0 Å². The summed E-state index contributed by atoms with van der Waals surface area (Å²) >= 11 is 0. The van der Waals surface area contributed by atoms with Crippen molar-refractivity contribution in [2.75, 3.05) is 0 Å². The number of hydrogen-bond donors (Lipinski definition) is 1. The van der Waals surface area contributed by atoms with Crippen molar-refractivity contribution in [2.45, 2.75) is 105 Å². The maximum absolute atomic E-state index is 10.3. The minimum absolute atomic E-state index is 0.0961. The van der Waals surface area contributed by atoms with Crippen LogP contribution in [0, 0.1) is 45.8 Å². The molecule has 0 spiro atoms. The monoisotopic (exact) mass is 424 g/mol. The van der Waals surface area contributed by atoms with Crippen molar-refractivity contribution in [3.05, 3.63) is 36.0 Å². The van der Waals surface area contributed by atoms with Crippen molar-refractivity contribution < 1.29 is 5.11 Å². The van der Waals surface area contributed by atoms with Gasteiger partial charge in [0.2, 0.25) is 0 Å². The maximum atomic E-state index is 10.3. The summed E-state index contributed by atoms with van der Waals surface area (Å²) < 4.78 is 0. The molecule has 31 heavy (non-hydrogen) atoms. The summed E-state index contributed by atoms with van der Waals surface area (Å²) in [6.45, 7) is 18.8. The van der Waals surface area contributed by atoms with Crippen LogP contribution in [0.4, 0.5) is 0 Å². The Balaban J connectivity index is 1.54. The van der Waals surface area contributed by atoms with Crippen LogP contribution in [0.3, 0.4) is 0 Å². The summed E-state index contributed by atoms with van der Waals surface area (Å²) in [5, 5.41) is 10.3. The average Bonchev–Trinajstić information content (AvgIpc) is 3.09. The molecular weight excluding hydrogens is 376 g/mol. The van der Waals surface area contributed by atoms with E-state index < -0.39 is 0 Å². The zero-order valence-electron chi connectivity index (χ0n) is 21.2. The molecule has 1 heteroatoms. The number of aliphatic hydroxyl groups excluding tert-OH is 1. The molecule has 0 aromatic heterocycles. The Bertz CT molecular complexity index is 760. The largest absolute Gasteiger partial charge is 0.393 e. The average molecular weight is 425 g/mol. The third kappa shape index (κ3) is 3.71. The molecule has 0 saturated heterocycles. The minimum Gasteiger partial charge on any atom is -0.393 e. The van der Waals surface area contributed by atoms with E-state index in [1.807, 2.05) is 0 Å². The molecule has 0 amide bonds. The van der Waals surface area contributed by atoms with E-state index >= 15 is 0 Å². The first-order valence-electron chi connectivity index (χ1n) is 13.3. The van der Waals surface area contributed by atoms with Gasteiger partial charge in [-0.25, -0.2) is 0 Å². The highest BCUT2D eigenvalue weighted by Gasteiger charge is 2.58. The lowest BCUT2D eigenvalue weighted by Gasteiger charge is -2.58. The van der Waals surface area contributed by atoms with Gasteiger partial charge < -0.3 is 5.11 Å². The van der Waals surface area contributed by atoms with E-state index in [-0.39, 0.29) is 11.5 Å². The highest BCUT2D eigenvalue weighted by molar-refractivity contribution is 5.25. The molecule has 0 aromatic carbocycles. The van der Waals surface area contributed by atoms with E-state index in [1.54, 1.807) is 5.57 Å². The van der Waals surface area contributed by atoms with Gasteiger partial charge in [-0.2, -0.15) is 0 Å². The molecule has 4 aliphatic carbocycles. The molecule has 3 fully saturated rings. The fraction of sp³-hybridized carbons (Fsp3) is 0.800. The summed E-state index contributed by atoms with van der Waals surface area (Å²) in [4.78, 5) is 0. The minimum atomic E-state index is -0.0961. The molecule has 174 valence electrons. The van der Waals surface area contributed by atoms with Crippen LogP contribution >= 0.6 is 0 Å². The quantitative estimate of drug-likeness (QED) is 0.442. The topological polar surface area (TPSA) is 20.2 Å². The number of aliphatic hydroxyl groups is 1. The normalized spacial score (nSPS) is 45.3. The van der Waals surface area contributed by atoms with Crippen molar-refractivity contribution in [1.82, 2.24) is 0 Å². The van der Waals surface area contributed by atoms with Gasteiger partial charge in [-0.3, -0.25) is 0 Å². The van der Waals surface area contributed by atoms with Crippen LogP contribution in [0.5, 0.6) is 0 Å². The summed E-state index contributed by atoms with van der Waals surface area (Å²) in [6.07, 6.45) is 18.7. The van der Waals surface area contributed by atoms with Crippen LogP contribution in [0.15, 0.2) is 36.0 Å². The zero-order valence-corrected chi connectivity index (χ0v) is 21.2. The second kappa shape index (κ2) is 8.19. The lowest BCUT2D eigenvalue weighted by molar-refractivity contribution is -0.0540. The Morgan fingerprint density at radius 3 is 2.65 bits per heavy atom. The second-order valence-corrected chi connectivity index (χ2v) is 12.7. The van der Waals surface area contributed by atoms with Crippen molar-refractivity contribution in [3.8, 4) is 0 Å². The number of allylic oxidation sites excluding steroid dienone is 4. The van der Waals surface area contributed by atoms with Gasteiger partial charge in [-0.1, -0.05) is 70.6 Å². The van der Waals surface area contributed by atoms with Gasteiger partial charge in [0.15, 0.2) is 0 Å². The van der Waals surface area contributed by atoms with Gasteiger partial charge in [-0.15, -0.1) is 0 Å². The Morgan fingerprint density at radius 1 is 1.23 bits per heavy atom. The zero-order chi connectivity index (χ0) is 22.6. The van der Waals surface area contributed by atoms with Gasteiger partial charge in [0, 0.05) is 5.41 Å². The fourth-order valence-electron chi connectivity index (χ4n) is 8.61. The van der Waals surface area contributed by atoms with Crippen molar-refractivity contribution >= 4 is 0 Å². The lowest BCUT2D eigenvalue weighted by atomic mass is 9.47. The highest BCUT2D eigenvalue weighted by Crippen LogP contribution is 2.67. The second-order valence-electron chi connectivity index (χ2n) is 12.7. The van der Waals surface area contributed by atoms with Crippen LogP contribution in [-0.4, -0.2) is 11.2 Å². The summed E-state index contributed by atoms with van der Waals surface area (Å²) in [5.41, 5.74) is 3.87. The molecule has 3 saturated carbocycles. The smallest absolute Gasteiger partial charge is 0.0577 e. The first kappa shape index (κ1) is 23.3. The maximum Gasteiger partial charge on any atom is 0.0577 e. The SMILES string of the molecule is C=C(C)[C@](C)(/C=C/[C@@H](C)[C@H]1CC[C@H]2[C@@H]3CC=C4C[C@@H](O)CC[C@]4(C)[C@H]3CC[C@]12C)CC. The predicted octanol–water partition coefficient (Wildman–Crippen LogP) is 8.11. The standard InChI is InChI=1S/C30H48O/c1-8-28(5,20(2)3)16-13-21(4)25-11-12-26-24-10-9-22-19-23(31)14-17-29(22,6)27(24)15-18-30(25,26)7/h9,13,16,21,23-27,31H,2,8,10-12,14-15,17-19H2,1,3-7H3/b16-13+/t21-,23+,24+,25-,26+,27+,28+,29+,30-/m1/s1. The number of hydrogen-bond acceptors (Lipinski definition) is 1. The van der Waals surface area contributed by atoms with Gasteiger partial charge in [0.05, 0.1) is 6.10 Å². The molecule has 4 aliphatic rings. The lowest BCUT2D eigenvalue weighted by Crippen LogP contribution is -2.50. The molecule has 0 heterocycles. The molecule has 1 nitrogen and oxygen atoms in total. The van der Waals surface area contributed by atoms with E-state index in [1.165, 1.54) is 44.1 Å².